The van der Waals surface area contributed by atoms with E-state index in [0.29, 0.717) is 12.5 Å². The van der Waals surface area contributed by atoms with Gasteiger partial charge in [0.05, 0.1) is 5.69 Å². The Balaban J connectivity index is 2.45. The van der Waals surface area contributed by atoms with Gasteiger partial charge in [0.1, 0.15) is 11.6 Å². The first kappa shape index (κ1) is 10.0. The Bertz CT molecular complexity index is 301. The molecule has 0 aliphatic carbocycles. The van der Waals surface area contributed by atoms with Crippen LogP contribution in [0.15, 0.2) is 5.38 Å². The summed E-state index contributed by atoms with van der Waals surface area (Å²) in [5, 5.41) is 2.89. The third-order valence-electron chi connectivity index (χ3n) is 1.45. The molecule has 1 aromatic rings. The molecule has 1 aromatic heterocycles. The maximum Gasteiger partial charge on any atom is 0.153 e. The minimum Gasteiger partial charge on any atom is -0.282 e. The molecule has 13 heavy (non-hydrogen) atoms. The van der Waals surface area contributed by atoms with Crippen molar-refractivity contribution in [2.45, 2.75) is 26.4 Å². The van der Waals surface area contributed by atoms with Crippen LogP contribution < -0.4 is 0 Å². The van der Waals surface area contributed by atoms with Crippen LogP contribution in [0.3, 0.4) is 0 Å². The molecular weight excluding hydrogens is 186 g/mol. The number of nitrogens with zero attached hydrogens (tertiary/aromatic N) is 1. The summed E-state index contributed by atoms with van der Waals surface area (Å²) >= 11 is 1.54. The highest BCUT2D eigenvalue weighted by Crippen LogP contribution is 2.18. The molecule has 0 aliphatic heterocycles. The number of hydrogen-bond acceptors (Lipinski definition) is 4. The molecule has 0 aliphatic rings. The zero-order valence-corrected chi connectivity index (χ0v) is 8.43. The van der Waals surface area contributed by atoms with E-state index < -0.39 is 0 Å². The number of thiazole rings is 1. The van der Waals surface area contributed by atoms with Gasteiger partial charge >= 0.3 is 0 Å². The maximum absolute atomic E-state index is 4.83. The Labute approximate surface area is 81.6 Å². The van der Waals surface area contributed by atoms with Gasteiger partial charge in [0.25, 0.3) is 0 Å². The second-order valence-corrected chi connectivity index (χ2v) is 3.73. The van der Waals surface area contributed by atoms with Crippen molar-refractivity contribution in [2.24, 2.45) is 0 Å². The Morgan fingerprint density at radius 1 is 1.69 bits per heavy atom. The largest absolute Gasteiger partial charge is 0.282 e. The summed E-state index contributed by atoms with van der Waals surface area (Å²) in [6.45, 7) is 4.50. The van der Waals surface area contributed by atoms with Crippen LogP contribution in [0, 0.1) is 12.5 Å². The summed E-state index contributed by atoms with van der Waals surface area (Å²) in [5.74, 6) is 0.443. The normalized spacial score (nSPS) is 10.0. The van der Waals surface area contributed by atoms with Crippen LogP contribution in [0.1, 0.15) is 30.5 Å². The molecule has 70 valence electrons. The monoisotopic (exact) mass is 197 g/mol. The predicted molar refractivity (Wildman–Crippen MR) is 50.9 cm³/mol. The van der Waals surface area contributed by atoms with E-state index in [9.17, 15) is 0 Å². The fraction of sp³-hybridized carbons (Fsp3) is 0.444. The molecule has 0 bridgehead atoms. The van der Waals surface area contributed by atoms with E-state index in [2.05, 4.69) is 28.6 Å². The van der Waals surface area contributed by atoms with Crippen molar-refractivity contribution < 1.29 is 9.78 Å². The third-order valence-corrected chi connectivity index (χ3v) is 2.29. The molecule has 1 heterocycles. The molecule has 0 radical (unpaired) electrons. The third kappa shape index (κ3) is 3.05. The summed E-state index contributed by atoms with van der Waals surface area (Å²) in [4.78, 5) is 13.3. The number of hydrogen-bond donors (Lipinski definition) is 0. The summed E-state index contributed by atoms with van der Waals surface area (Å²) in [6.07, 6.45) is 6.75. The summed E-state index contributed by atoms with van der Waals surface area (Å²) in [6, 6.07) is 0. The number of aromatic nitrogens is 1. The lowest BCUT2D eigenvalue weighted by atomic mass is 10.2. The van der Waals surface area contributed by atoms with Gasteiger partial charge in [-0.1, -0.05) is 20.3 Å². The molecule has 0 spiro atoms. The van der Waals surface area contributed by atoms with Crippen molar-refractivity contribution in [2.75, 3.05) is 0 Å². The van der Waals surface area contributed by atoms with E-state index in [1.807, 2.05) is 11.5 Å². The zero-order chi connectivity index (χ0) is 9.68. The minimum atomic E-state index is 0.307. The fourth-order valence-electron chi connectivity index (χ4n) is 0.770. The number of rotatable bonds is 4. The lowest BCUT2D eigenvalue weighted by molar-refractivity contribution is -0.246. The molecule has 0 fully saturated rings. The molecule has 0 amide bonds. The van der Waals surface area contributed by atoms with Crippen LogP contribution in [0.2, 0.25) is 0 Å². The van der Waals surface area contributed by atoms with Crippen LogP contribution in [-0.4, -0.2) is 4.98 Å². The highest BCUT2D eigenvalue weighted by atomic mass is 32.1. The first-order valence-corrected chi connectivity index (χ1v) is 4.80. The van der Waals surface area contributed by atoms with Gasteiger partial charge in [-0.2, -0.15) is 4.89 Å². The first-order chi connectivity index (χ1) is 6.24. The Hall–Kier alpha value is -1.05. The topological polar surface area (TPSA) is 31.4 Å². The van der Waals surface area contributed by atoms with Crippen LogP contribution in [0.5, 0.6) is 0 Å². The molecule has 3 nitrogen and oxygen atoms in total. The van der Waals surface area contributed by atoms with E-state index in [0.717, 1.165) is 10.7 Å². The van der Waals surface area contributed by atoms with Crippen molar-refractivity contribution in [3.05, 3.63) is 16.1 Å². The molecular formula is C9H11NO2S. The van der Waals surface area contributed by atoms with Gasteiger partial charge < -0.3 is 0 Å². The van der Waals surface area contributed by atoms with Gasteiger partial charge in [-0.25, -0.2) is 4.98 Å². The van der Waals surface area contributed by atoms with Crippen LogP contribution in [0.25, 0.3) is 0 Å². The van der Waals surface area contributed by atoms with E-state index >= 15 is 0 Å². The highest BCUT2D eigenvalue weighted by molar-refractivity contribution is 7.09. The maximum atomic E-state index is 4.83. The second-order valence-electron chi connectivity index (χ2n) is 2.78. The molecule has 4 heteroatoms. The average Bonchev–Trinajstić information content (AvgIpc) is 2.53. The van der Waals surface area contributed by atoms with Crippen LogP contribution in [-0.2, 0) is 16.4 Å². The van der Waals surface area contributed by atoms with Crippen molar-refractivity contribution in [1.82, 2.24) is 4.98 Å². The minimum absolute atomic E-state index is 0.307. The van der Waals surface area contributed by atoms with Crippen molar-refractivity contribution in [1.29, 1.82) is 0 Å². The van der Waals surface area contributed by atoms with Crippen molar-refractivity contribution in [3.8, 4) is 12.5 Å². The standard InChI is InChI=1S/C9H11NO2S/c1-4-11-12-5-9-10-8(6-13-9)7(2)3/h1,6-7H,5H2,2-3H3. The van der Waals surface area contributed by atoms with Gasteiger partial charge in [0.15, 0.2) is 6.11 Å². The molecule has 0 atom stereocenters. The SMILES string of the molecule is C#COOCc1nc(C(C)C)cs1. The van der Waals surface area contributed by atoms with Gasteiger partial charge in [-0.3, -0.25) is 4.89 Å². The van der Waals surface area contributed by atoms with Crippen molar-refractivity contribution in [3.63, 3.8) is 0 Å². The Morgan fingerprint density at radius 2 is 2.46 bits per heavy atom. The Morgan fingerprint density at radius 3 is 3.00 bits per heavy atom. The molecule has 0 unspecified atom stereocenters. The zero-order valence-electron chi connectivity index (χ0n) is 7.61. The summed E-state index contributed by atoms with van der Waals surface area (Å²) < 4.78 is 0. The highest BCUT2D eigenvalue weighted by Gasteiger charge is 2.05. The lowest BCUT2D eigenvalue weighted by Crippen LogP contribution is -1.92. The quantitative estimate of drug-likeness (QED) is 0.321. The van der Waals surface area contributed by atoms with Gasteiger partial charge in [0, 0.05) is 5.38 Å². The smallest absolute Gasteiger partial charge is 0.153 e. The molecule has 1 rings (SSSR count). The Kier molecular flexibility index (Phi) is 3.74. The molecule has 0 aromatic carbocycles. The molecule has 0 N–H and O–H groups in total. The lowest BCUT2D eigenvalue weighted by Gasteiger charge is -1.97. The van der Waals surface area contributed by atoms with Gasteiger partial charge in [0.2, 0.25) is 0 Å². The van der Waals surface area contributed by atoms with E-state index in [-0.39, 0.29) is 0 Å². The van der Waals surface area contributed by atoms with Gasteiger partial charge in [-0.15, -0.1) is 11.3 Å². The van der Waals surface area contributed by atoms with E-state index in [4.69, 9.17) is 6.42 Å². The van der Waals surface area contributed by atoms with Gasteiger partial charge in [-0.05, 0) is 5.92 Å². The first-order valence-electron chi connectivity index (χ1n) is 3.92. The molecule has 0 saturated heterocycles. The fourth-order valence-corrected chi connectivity index (χ4v) is 1.63. The van der Waals surface area contributed by atoms with Crippen LogP contribution >= 0.6 is 11.3 Å². The second kappa shape index (κ2) is 4.85. The molecule has 0 saturated carbocycles. The summed E-state index contributed by atoms with van der Waals surface area (Å²) in [7, 11) is 0. The van der Waals surface area contributed by atoms with E-state index in [1.54, 1.807) is 11.3 Å². The van der Waals surface area contributed by atoms with Crippen LogP contribution in [0.4, 0.5) is 0 Å². The summed E-state index contributed by atoms with van der Waals surface area (Å²) in [5.41, 5.74) is 1.07. The predicted octanol–water partition coefficient (Wildman–Crippen LogP) is 2.31. The van der Waals surface area contributed by atoms with Crippen molar-refractivity contribution >= 4 is 11.3 Å². The average molecular weight is 197 g/mol. The van der Waals surface area contributed by atoms with E-state index in [1.165, 1.54) is 0 Å². The number of terminal acetylenes is 1.